The zero-order valence-electron chi connectivity index (χ0n) is 21.9. The number of carbonyl (C=O) groups is 1. The van der Waals surface area contributed by atoms with E-state index in [1.54, 1.807) is 48.5 Å². The number of hydrogen-bond acceptors (Lipinski definition) is 6. The van der Waals surface area contributed by atoms with E-state index >= 15 is 0 Å². The maximum absolute atomic E-state index is 12.6. The summed E-state index contributed by atoms with van der Waals surface area (Å²) in [5, 5.41) is 24.0. The van der Waals surface area contributed by atoms with Crippen LogP contribution in [-0.4, -0.2) is 47.9 Å². The highest BCUT2D eigenvalue weighted by atomic mass is 32.2. The number of hydrogen-bond donors (Lipinski definition) is 4. The summed E-state index contributed by atoms with van der Waals surface area (Å²) in [6.07, 6.45) is 1.93. The number of aromatic nitrogens is 1. The Balaban J connectivity index is 1.33. The molecule has 0 bridgehead atoms. The Morgan fingerprint density at radius 3 is 2.54 bits per heavy atom. The highest BCUT2D eigenvalue weighted by Gasteiger charge is 2.20. The minimum absolute atomic E-state index is 0.168. The second-order valence-electron chi connectivity index (χ2n) is 9.99. The van der Waals surface area contributed by atoms with E-state index in [1.807, 2.05) is 24.4 Å². The number of fused-ring (bicyclic) bond motifs is 1. The maximum Gasteiger partial charge on any atom is 0.341 e. The van der Waals surface area contributed by atoms with Crippen molar-refractivity contribution in [2.45, 2.75) is 43.4 Å². The van der Waals surface area contributed by atoms with Gasteiger partial charge in [0.2, 0.25) is 0 Å². The molecule has 0 aliphatic rings. The SMILES string of the molecule is CC(C)(CCn1ccc2cc(OCC(=O)O)ccc21)NC[C@H](O)c1cccc(NS(=O)(=O)c2ccccc2)c1. The van der Waals surface area contributed by atoms with Crippen LogP contribution >= 0.6 is 0 Å². The van der Waals surface area contributed by atoms with Crippen LogP contribution in [0.5, 0.6) is 5.75 Å². The van der Waals surface area contributed by atoms with Crippen LogP contribution in [0.15, 0.2) is 90.0 Å². The van der Waals surface area contributed by atoms with Crippen LogP contribution in [0.25, 0.3) is 10.9 Å². The van der Waals surface area contributed by atoms with Gasteiger partial charge in [-0.2, -0.15) is 0 Å². The molecule has 4 N–H and O–H groups in total. The molecule has 9 nitrogen and oxygen atoms in total. The zero-order chi connectivity index (χ0) is 28.0. The lowest BCUT2D eigenvalue weighted by Gasteiger charge is -2.28. The molecule has 0 radical (unpaired) electrons. The monoisotopic (exact) mass is 551 g/mol. The molecule has 1 heterocycles. The standard InChI is InChI=1S/C29H33N3O6S/c1-29(2,14-16-32-15-13-21-18-24(11-12-26(21)32)38-20-28(34)35)30-19-27(33)22-7-6-8-23(17-22)31-39(36,37)25-9-4-3-5-10-25/h3-13,15,17-18,27,30-31,33H,14,16,19-20H2,1-2H3,(H,34,35)/t27-/m0/s1. The number of aryl methyl sites for hydroxylation is 1. The van der Waals surface area contributed by atoms with Crippen LogP contribution in [0, 0.1) is 0 Å². The molecule has 0 amide bonds. The minimum atomic E-state index is -3.72. The second-order valence-corrected chi connectivity index (χ2v) is 11.7. The molecule has 0 aliphatic carbocycles. The molecule has 39 heavy (non-hydrogen) atoms. The van der Waals surface area contributed by atoms with Gasteiger partial charge in [0.15, 0.2) is 6.61 Å². The number of carboxylic acids is 1. The van der Waals surface area contributed by atoms with E-state index in [9.17, 15) is 18.3 Å². The molecular formula is C29H33N3O6S. The molecule has 0 aliphatic heterocycles. The number of nitrogens with zero attached hydrogens (tertiary/aromatic N) is 1. The Bertz CT molecular complexity index is 1530. The Morgan fingerprint density at radius 1 is 1.03 bits per heavy atom. The lowest BCUT2D eigenvalue weighted by atomic mass is 9.99. The normalized spacial score (nSPS) is 12.8. The smallest absolute Gasteiger partial charge is 0.341 e. The van der Waals surface area contributed by atoms with E-state index in [1.165, 1.54) is 12.1 Å². The fourth-order valence-corrected chi connectivity index (χ4v) is 5.28. The average molecular weight is 552 g/mol. The summed E-state index contributed by atoms with van der Waals surface area (Å²) in [6, 6.07) is 22.4. The predicted molar refractivity (Wildman–Crippen MR) is 150 cm³/mol. The summed E-state index contributed by atoms with van der Waals surface area (Å²) in [6.45, 7) is 4.76. The molecule has 3 aromatic carbocycles. The van der Waals surface area contributed by atoms with Gasteiger partial charge in [0.1, 0.15) is 5.75 Å². The topological polar surface area (TPSA) is 130 Å². The zero-order valence-corrected chi connectivity index (χ0v) is 22.7. The van der Waals surface area contributed by atoms with Crippen LogP contribution in [-0.2, 0) is 21.4 Å². The molecule has 0 saturated carbocycles. The Morgan fingerprint density at radius 2 is 1.79 bits per heavy atom. The van der Waals surface area contributed by atoms with E-state index < -0.39 is 22.1 Å². The second kappa shape index (κ2) is 11.9. The third kappa shape index (κ3) is 7.60. The van der Waals surface area contributed by atoms with Crippen LogP contribution in [0.2, 0.25) is 0 Å². The minimum Gasteiger partial charge on any atom is -0.482 e. The predicted octanol–water partition coefficient (Wildman–Crippen LogP) is 4.40. The molecule has 10 heteroatoms. The number of nitrogens with one attached hydrogen (secondary N) is 2. The van der Waals surface area contributed by atoms with Crippen molar-refractivity contribution in [1.82, 2.24) is 9.88 Å². The summed E-state index contributed by atoms with van der Waals surface area (Å²) in [5.41, 5.74) is 1.70. The third-order valence-electron chi connectivity index (χ3n) is 6.43. The van der Waals surface area contributed by atoms with E-state index in [2.05, 4.69) is 28.5 Å². The van der Waals surface area contributed by atoms with Gasteiger partial charge in [-0.1, -0.05) is 30.3 Å². The van der Waals surface area contributed by atoms with Crippen LogP contribution in [0.4, 0.5) is 5.69 Å². The Kier molecular flexibility index (Phi) is 8.59. The molecule has 206 valence electrons. The van der Waals surface area contributed by atoms with Gasteiger partial charge in [-0.25, -0.2) is 13.2 Å². The molecule has 1 aromatic heterocycles. The van der Waals surface area contributed by atoms with Gasteiger partial charge >= 0.3 is 5.97 Å². The fourth-order valence-electron chi connectivity index (χ4n) is 4.21. The maximum atomic E-state index is 12.6. The Labute approximate surface area is 228 Å². The number of sulfonamides is 1. The quantitative estimate of drug-likeness (QED) is 0.194. The van der Waals surface area contributed by atoms with E-state index in [0.717, 1.165) is 23.9 Å². The third-order valence-corrected chi connectivity index (χ3v) is 7.83. The number of ether oxygens (including phenoxy) is 1. The number of benzene rings is 3. The van der Waals surface area contributed by atoms with Crippen molar-refractivity contribution in [3.8, 4) is 5.75 Å². The van der Waals surface area contributed by atoms with Crippen LogP contribution in [0.3, 0.4) is 0 Å². The molecule has 1 atom stereocenters. The summed E-state index contributed by atoms with van der Waals surface area (Å²) in [4.78, 5) is 10.9. The summed E-state index contributed by atoms with van der Waals surface area (Å²) in [7, 11) is -3.72. The molecule has 0 saturated heterocycles. The highest BCUT2D eigenvalue weighted by Crippen LogP contribution is 2.24. The summed E-state index contributed by atoms with van der Waals surface area (Å²) in [5.74, 6) is -0.511. The number of aliphatic carboxylic acids is 1. The first-order valence-corrected chi connectivity index (χ1v) is 14.1. The summed E-state index contributed by atoms with van der Waals surface area (Å²) >= 11 is 0. The van der Waals surface area contributed by atoms with Gasteiger partial charge in [0, 0.05) is 41.4 Å². The average Bonchev–Trinajstić information content (AvgIpc) is 3.32. The van der Waals surface area contributed by atoms with Crippen LogP contribution in [0.1, 0.15) is 31.9 Å². The number of aliphatic hydroxyl groups excluding tert-OH is 1. The first kappa shape index (κ1) is 28.2. The molecule has 0 unspecified atom stereocenters. The lowest BCUT2D eigenvalue weighted by molar-refractivity contribution is -0.139. The fraction of sp³-hybridized carbons (Fsp3) is 0.276. The van der Waals surface area contributed by atoms with Gasteiger partial charge < -0.3 is 24.8 Å². The van der Waals surface area contributed by atoms with Crippen LogP contribution < -0.4 is 14.8 Å². The number of carboxylic acid groups (broad SMARTS) is 1. The van der Waals surface area contributed by atoms with Crippen molar-refractivity contribution in [2.75, 3.05) is 17.9 Å². The van der Waals surface area contributed by atoms with Gasteiger partial charge in [0.05, 0.1) is 11.0 Å². The van der Waals surface area contributed by atoms with Crippen molar-refractivity contribution in [3.05, 3.63) is 90.6 Å². The van der Waals surface area contributed by atoms with E-state index in [-0.39, 0.29) is 17.0 Å². The van der Waals surface area contributed by atoms with Crippen molar-refractivity contribution in [3.63, 3.8) is 0 Å². The molecule has 0 spiro atoms. The lowest BCUT2D eigenvalue weighted by Crippen LogP contribution is -2.42. The molecule has 4 aromatic rings. The van der Waals surface area contributed by atoms with Crippen molar-refractivity contribution < 1.29 is 28.2 Å². The van der Waals surface area contributed by atoms with Crippen molar-refractivity contribution in [2.24, 2.45) is 0 Å². The molecular weight excluding hydrogens is 518 g/mol. The van der Waals surface area contributed by atoms with Gasteiger partial charge in [-0.05, 0) is 74.4 Å². The number of anilines is 1. The van der Waals surface area contributed by atoms with Crippen molar-refractivity contribution in [1.29, 1.82) is 0 Å². The van der Waals surface area contributed by atoms with E-state index in [0.29, 0.717) is 23.5 Å². The van der Waals surface area contributed by atoms with Gasteiger partial charge in [0.25, 0.3) is 10.0 Å². The van der Waals surface area contributed by atoms with Gasteiger partial charge in [-0.15, -0.1) is 0 Å². The molecule has 4 rings (SSSR count). The van der Waals surface area contributed by atoms with E-state index in [4.69, 9.17) is 9.84 Å². The highest BCUT2D eigenvalue weighted by molar-refractivity contribution is 7.92. The first-order valence-electron chi connectivity index (χ1n) is 12.6. The first-order chi connectivity index (χ1) is 18.5. The van der Waals surface area contributed by atoms with Gasteiger partial charge in [-0.3, -0.25) is 4.72 Å². The summed E-state index contributed by atoms with van der Waals surface area (Å²) < 4.78 is 35.3. The number of rotatable bonds is 13. The largest absolute Gasteiger partial charge is 0.482 e. The molecule has 0 fully saturated rings. The number of aliphatic hydroxyl groups is 1. The Hall–Kier alpha value is -3.86. The van der Waals surface area contributed by atoms with Crippen molar-refractivity contribution >= 4 is 32.6 Å². The number of β-amino-alcohol motifs (C(OH)–C–C–N with tert-alkyl or cyclic N) is 1.